The number of aliphatic hydroxyl groups is 1. The summed E-state index contributed by atoms with van der Waals surface area (Å²) in [6, 6.07) is 26.3. The summed E-state index contributed by atoms with van der Waals surface area (Å²) >= 11 is 1.54. The van der Waals surface area contributed by atoms with Crippen LogP contribution in [0.25, 0.3) is 21.8 Å². The third-order valence-corrected chi connectivity index (χ3v) is 9.45. The second-order valence-electron chi connectivity index (χ2n) is 11.4. The van der Waals surface area contributed by atoms with E-state index in [1.54, 1.807) is 54.9 Å². The summed E-state index contributed by atoms with van der Waals surface area (Å²) in [5, 5.41) is 16.3. The van der Waals surface area contributed by atoms with E-state index in [9.17, 15) is 13.5 Å². The minimum absolute atomic E-state index is 0.0944. The number of aromatic nitrogens is 2. The lowest BCUT2D eigenvalue weighted by Gasteiger charge is -2.18. The molecule has 5 rings (SSSR count). The van der Waals surface area contributed by atoms with Gasteiger partial charge in [-0.25, -0.2) is 13.4 Å². The van der Waals surface area contributed by atoms with Crippen molar-refractivity contribution >= 4 is 27.0 Å². The molecule has 7 nitrogen and oxygen atoms in total. The number of benzene rings is 3. The van der Waals surface area contributed by atoms with Crippen LogP contribution in [0.2, 0.25) is 0 Å². The van der Waals surface area contributed by atoms with Gasteiger partial charge in [-0.2, -0.15) is 0 Å². The Morgan fingerprint density at radius 1 is 0.907 bits per heavy atom. The fourth-order valence-corrected chi connectivity index (χ4v) is 6.47. The van der Waals surface area contributed by atoms with Gasteiger partial charge in [0.05, 0.1) is 16.7 Å². The van der Waals surface area contributed by atoms with Gasteiger partial charge >= 0.3 is 0 Å². The molecule has 0 saturated heterocycles. The summed E-state index contributed by atoms with van der Waals surface area (Å²) in [5.74, 6) is 0. The molecule has 2 aromatic heterocycles. The highest BCUT2D eigenvalue weighted by Gasteiger charge is 2.16. The molecule has 0 saturated carbocycles. The van der Waals surface area contributed by atoms with Gasteiger partial charge in [-0.3, -0.25) is 9.71 Å². The molecule has 3 N–H and O–H groups in total. The van der Waals surface area contributed by atoms with Gasteiger partial charge in [0.2, 0.25) is 0 Å². The molecule has 43 heavy (non-hydrogen) atoms. The number of hydrogen-bond donors (Lipinski definition) is 3. The Morgan fingerprint density at radius 2 is 1.60 bits per heavy atom. The minimum atomic E-state index is -3.75. The van der Waals surface area contributed by atoms with E-state index in [4.69, 9.17) is 4.98 Å². The first-order chi connectivity index (χ1) is 20.6. The van der Waals surface area contributed by atoms with E-state index in [0.29, 0.717) is 18.8 Å². The molecule has 0 fully saturated rings. The fraction of sp³-hybridized carbons (Fsp3) is 0.235. The number of nitrogens with zero attached hydrogens (tertiary/aromatic N) is 2. The maximum Gasteiger partial charge on any atom is 0.261 e. The molecule has 222 valence electrons. The molecule has 0 unspecified atom stereocenters. The molecule has 0 aliphatic rings. The average molecular weight is 613 g/mol. The third-order valence-electron chi connectivity index (χ3n) is 7.17. The molecule has 1 atom stereocenters. The van der Waals surface area contributed by atoms with E-state index in [0.717, 1.165) is 39.4 Å². The Labute approximate surface area is 257 Å². The number of nitrogens with one attached hydrogen (secondary N) is 2. The number of anilines is 1. The van der Waals surface area contributed by atoms with E-state index in [-0.39, 0.29) is 10.3 Å². The largest absolute Gasteiger partial charge is 0.387 e. The Hall–Kier alpha value is -3.89. The van der Waals surface area contributed by atoms with Crippen LogP contribution in [-0.4, -0.2) is 36.6 Å². The van der Waals surface area contributed by atoms with Crippen molar-refractivity contribution in [1.29, 1.82) is 0 Å². The number of hydrogen-bond acceptors (Lipinski definition) is 7. The van der Waals surface area contributed by atoms with Gasteiger partial charge in [0.25, 0.3) is 10.0 Å². The molecule has 3 aromatic carbocycles. The van der Waals surface area contributed by atoms with Gasteiger partial charge in [0.1, 0.15) is 5.01 Å². The van der Waals surface area contributed by atoms with E-state index in [1.165, 1.54) is 16.9 Å². The SMILES string of the molecule is CC(C)(C)c1ccc(-c2csc(-c3ccc(S(=O)(=O)Nc4ccc(CCNC[C@H](O)c5cccnc5)cc4)cc3)n2)cc1. The summed E-state index contributed by atoms with van der Waals surface area (Å²) < 4.78 is 28.8. The zero-order valence-corrected chi connectivity index (χ0v) is 26.1. The van der Waals surface area contributed by atoms with Crippen molar-refractivity contribution in [2.24, 2.45) is 0 Å². The molecule has 2 heterocycles. The summed E-state index contributed by atoms with van der Waals surface area (Å²) in [6.45, 7) is 7.69. The number of thiazole rings is 1. The van der Waals surface area contributed by atoms with Crippen LogP contribution in [0.3, 0.4) is 0 Å². The highest BCUT2D eigenvalue weighted by atomic mass is 32.2. The molecular formula is C34H36N4O3S2. The van der Waals surface area contributed by atoms with Gasteiger partial charge in [-0.1, -0.05) is 75.4 Å². The molecule has 0 bridgehead atoms. The van der Waals surface area contributed by atoms with E-state index in [2.05, 4.69) is 60.1 Å². The van der Waals surface area contributed by atoms with Crippen LogP contribution >= 0.6 is 11.3 Å². The van der Waals surface area contributed by atoms with Gasteiger partial charge in [-0.05, 0) is 59.8 Å². The summed E-state index contributed by atoms with van der Waals surface area (Å²) in [6.07, 6.45) is 3.46. The van der Waals surface area contributed by atoms with Crippen LogP contribution in [0.5, 0.6) is 0 Å². The van der Waals surface area contributed by atoms with Crippen LogP contribution in [0.15, 0.2) is 108 Å². The quantitative estimate of drug-likeness (QED) is 0.141. The normalized spacial score (nSPS) is 12.7. The van der Waals surface area contributed by atoms with Crippen LogP contribution in [0.4, 0.5) is 5.69 Å². The number of rotatable bonds is 11. The van der Waals surface area contributed by atoms with Crippen molar-refractivity contribution in [2.75, 3.05) is 17.8 Å². The first-order valence-corrected chi connectivity index (χ1v) is 16.5. The van der Waals surface area contributed by atoms with Crippen molar-refractivity contribution in [2.45, 2.75) is 43.6 Å². The average Bonchev–Trinajstić information content (AvgIpc) is 3.51. The summed E-state index contributed by atoms with van der Waals surface area (Å²) in [5.41, 5.74) is 6.52. The Morgan fingerprint density at radius 3 is 2.26 bits per heavy atom. The van der Waals surface area contributed by atoms with Crippen molar-refractivity contribution in [3.63, 3.8) is 0 Å². The fourth-order valence-electron chi connectivity index (χ4n) is 4.57. The summed E-state index contributed by atoms with van der Waals surface area (Å²) in [7, 11) is -3.75. The molecular weight excluding hydrogens is 577 g/mol. The molecule has 0 aliphatic carbocycles. The Balaban J connectivity index is 1.15. The Kier molecular flexibility index (Phi) is 9.37. The molecule has 0 aliphatic heterocycles. The standard InChI is InChI=1S/C34H36N4O3S2/c1-34(2,3)28-12-8-25(9-13-28)31-23-42-33(37-31)26-10-16-30(17-11-26)43(40,41)38-29-14-6-24(7-15-29)18-20-36-22-32(39)27-5-4-19-35-21-27/h4-17,19,21,23,32,36,38-39H,18,20,22H2,1-3H3/t32-/m0/s1. The van der Waals surface area contributed by atoms with Crippen LogP contribution in [0.1, 0.15) is 43.6 Å². The van der Waals surface area contributed by atoms with Crippen LogP contribution in [0, 0.1) is 0 Å². The van der Waals surface area contributed by atoms with Crippen LogP contribution < -0.4 is 10.0 Å². The second kappa shape index (κ2) is 13.2. The van der Waals surface area contributed by atoms with Crippen molar-refractivity contribution in [1.82, 2.24) is 15.3 Å². The van der Waals surface area contributed by atoms with Gasteiger partial charge < -0.3 is 10.4 Å². The minimum Gasteiger partial charge on any atom is -0.387 e. The van der Waals surface area contributed by atoms with E-state index in [1.807, 2.05) is 23.6 Å². The number of pyridine rings is 1. The Bertz CT molecular complexity index is 1730. The predicted molar refractivity (Wildman–Crippen MR) is 175 cm³/mol. The van der Waals surface area contributed by atoms with Gasteiger partial charge in [0.15, 0.2) is 0 Å². The predicted octanol–water partition coefficient (Wildman–Crippen LogP) is 6.84. The third kappa shape index (κ3) is 7.94. The van der Waals surface area contributed by atoms with E-state index < -0.39 is 16.1 Å². The number of sulfonamides is 1. The lowest BCUT2D eigenvalue weighted by molar-refractivity contribution is 0.174. The number of aliphatic hydroxyl groups excluding tert-OH is 1. The van der Waals surface area contributed by atoms with Crippen molar-refractivity contribution in [3.8, 4) is 21.8 Å². The maximum atomic E-state index is 13.1. The van der Waals surface area contributed by atoms with Crippen LogP contribution in [-0.2, 0) is 21.9 Å². The molecule has 5 aromatic rings. The zero-order valence-electron chi connectivity index (χ0n) is 24.5. The maximum absolute atomic E-state index is 13.1. The lowest BCUT2D eigenvalue weighted by Crippen LogP contribution is -2.23. The van der Waals surface area contributed by atoms with Gasteiger partial charge in [-0.15, -0.1) is 11.3 Å². The highest BCUT2D eigenvalue weighted by Crippen LogP contribution is 2.31. The van der Waals surface area contributed by atoms with Crippen molar-refractivity contribution in [3.05, 3.63) is 119 Å². The molecule has 0 amide bonds. The van der Waals surface area contributed by atoms with E-state index >= 15 is 0 Å². The van der Waals surface area contributed by atoms with Gasteiger partial charge in [0, 0.05) is 46.7 Å². The highest BCUT2D eigenvalue weighted by molar-refractivity contribution is 7.92. The first kappa shape index (κ1) is 30.6. The monoisotopic (exact) mass is 612 g/mol. The molecule has 0 radical (unpaired) electrons. The lowest BCUT2D eigenvalue weighted by atomic mass is 9.86. The summed E-state index contributed by atoms with van der Waals surface area (Å²) in [4.78, 5) is 9.01. The second-order valence-corrected chi connectivity index (χ2v) is 14.0. The zero-order chi connectivity index (χ0) is 30.5. The molecule has 0 spiro atoms. The smallest absolute Gasteiger partial charge is 0.261 e. The van der Waals surface area contributed by atoms with Crippen molar-refractivity contribution < 1.29 is 13.5 Å². The molecule has 9 heteroatoms. The topological polar surface area (TPSA) is 104 Å². The first-order valence-electron chi connectivity index (χ1n) is 14.2.